The first-order chi connectivity index (χ1) is 9.12. The summed E-state index contributed by atoms with van der Waals surface area (Å²) in [7, 11) is -1.00. The Morgan fingerprint density at radius 1 is 1.16 bits per heavy atom. The first-order valence-corrected chi connectivity index (χ1v) is 11.2. The van der Waals surface area contributed by atoms with Gasteiger partial charge in [-0.1, -0.05) is 32.0 Å². The largest absolute Gasteiger partial charge is 0.416 e. The van der Waals surface area contributed by atoms with Crippen LogP contribution in [0.5, 0.6) is 0 Å². The number of aryl methyl sites for hydroxylation is 2. The van der Waals surface area contributed by atoms with Gasteiger partial charge >= 0.3 is 0 Å². The van der Waals surface area contributed by atoms with E-state index < -0.39 is 9.04 Å². The second-order valence-electron chi connectivity index (χ2n) is 4.90. The van der Waals surface area contributed by atoms with E-state index in [1.165, 1.54) is 29.8 Å². The number of hydrogen-bond acceptors (Lipinski definition) is 4. The summed E-state index contributed by atoms with van der Waals surface area (Å²) in [5, 5.41) is 0.897. The van der Waals surface area contributed by atoms with Crippen molar-refractivity contribution < 1.29 is 4.43 Å². The quantitative estimate of drug-likeness (QED) is 0.417. The fourth-order valence-corrected chi connectivity index (χ4v) is 2.81. The summed E-state index contributed by atoms with van der Waals surface area (Å²) in [6.07, 6.45) is 6.40. The molecule has 0 aliphatic heterocycles. The van der Waals surface area contributed by atoms with Crippen molar-refractivity contribution in [3.8, 4) is 0 Å². The van der Waals surface area contributed by atoms with E-state index in [0.29, 0.717) is 6.61 Å². The molecule has 108 valence electrons. The molecule has 1 aromatic heterocycles. The second-order valence-corrected chi connectivity index (χ2v) is 8.10. The topological polar surface area (TPSA) is 35.0 Å². The van der Waals surface area contributed by atoms with Gasteiger partial charge in [0.25, 0.3) is 0 Å². The Labute approximate surface area is 123 Å². The van der Waals surface area contributed by atoms with Gasteiger partial charge in [-0.05, 0) is 38.6 Å². The summed E-state index contributed by atoms with van der Waals surface area (Å²) in [5.41, 5.74) is 3.61. The molecule has 19 heavy (non-hydrogen) atoms. The highest BCUT2D eigenvalue weighted by Gasteiger charge is 2.13. The van der Waals surface area contributed by atoms with Gasteiger partial charge in [-0.3, -0.25) is 0 Å². The van der Waals surface area contributed by atoms with E-state index in [1.807, 2.05) is 6.26 Å². The SMILES string of the molecule is CCCCc1nc(SC)nc(CC)c1CO[SiH](C)C. The van der Waals surface area contributed by atoms with Gasteiger partial charge in [0.05, 0.1) is 18.0 Å². The summed E-state index contributed by atoms with van der Waals surface area (Å²) >= 11 is 1.62. The molecule has 0 atom stereocenters. The lowest BCUT2D eigenvalue weighted by Gasteiger charge is -2.15. The predicted octanol–water partition coefficient (Wildman–Crippen LogP) is 3.60. The van der Waals surface area contributed by atoms with Crippen LogP contribution in [0.4, 0.5) is 0 Å². The Morgan fingerprint density at radius 2 is 1.84 bits per heavy atom. The Balaban J connectivity index is 3.05. The lowest BCUT2D eigenvalue weighted by molar-refractivity contribution is 0.309. The van der Waals surface area contributed by atoms with E-state index in [0.717, 1.165) is 18.0 Å². The van der Waals surface area contributed by atoms with Crippen molar-refractivity contribution in [2.75, 3.05) is 6.26 Å². The van der Waals surface area contributed by atoms with Gasteiger partial charge in [-0.15, -0.1) is 0 Å². The van der Waals surface area contributed by atoms with Crippen LogP contribution in [0.2, 0.25) is 13.1 Å². The maximum atomic E-state index is 5.92. The molecule has 3 nitrogen and oxygen atoms in total. The van der Waals surface area contributed by atoms with E-state index in [4.69, 9.17) is 9.41 Å². The number of unbranched alkanes of at least 4 members (excludes halogenated alkanes) is 1. The Kier molecular flexibility index (Phi) is 7.64. The summed E-state index contributed by atoms with van der Waals surface area (Å²) in [6.45, 7) is 9.48. The first-order valence-electron chi connectivity index (χ1n) is 7.16. The molecule has 0 spiro atoms. The van der Waals surface area contributed by atoms with Crippen LogP contribution >= 0.6 is 11.8 Å². The molecule has 5 heteroatoms. The minimum atomic E-state index is -1.00. The standard InChI is InChI=1S/C14H26N2OSSi/c1-6-8-9-13-11(10-17-19(4)5)12(7-2)15-14(16-13)18-3/h19H,6-10H2,1-5H3. The lowest BCUT2D eigenvalue weighted by atomic mass is 10.1. The van der Waals surface area contributed by atoms with Gasteiger partial charge in [0.2, 0.25) is 0 Å². The van der Waals surface area contributed by atoms with Crippen LogP contribution in [0, 0.1) is 0 Å². The van der Waals surface area contributed by atoms with Crippen molar-refractivity contribution in [2.45, 2.75) is 64.4 Å². The molecular formula is C14H26N2OSSi. The summed E-state index contributed by atoms with van der Waals surface area (Å²) in [4.78, 5) is 9.35. The van der Waals surface area contributed by atoms with Crippen LogP contribution < -0.4 is 0 Å². The number of thioether (sulfide) groups is 1. The van der Waals surface area contributed by atoms with Gasteiger partial charge in [-0.2, -0.15) is 0 Å². The molecule has 0 saturated carbocycles. The number of nitrogens with zero attached hydrogens (tertiary/aromatic N) is 2. The fraction of sp³-hybridized carbons (Fsp3) is 0.714. The minimum Gasteiger partial charge on any atom is -0.416 e. The monoisotopic (exact) mass is 298 g/mol. The average Bonchev–Trinajstić information content (AvgIpc) is 2.42. The lowest BCUT2D eigenvalue weighted by Crippen LogP contribution is -2.13. The third-order valence-corrected chi connectivity index (χ3v) is 4.38. The highest BCUT2D eigenvalue weighted by Crippen LogP contribution is 2.20. The molecule has 1 rings (SSSR count). The zero-order chi connectivity index (χ0) is 14.3. The molecule has 0 N–H and O–H groups in total. The van der Waals surface area contributed by atoms with E-state index in [-0.39, 0.29) is 0 Å². The first kappa shape index (κ1) is 16.7. The highest BCUT2D eigenvalue weighted by molar-refractivity contribution is 7.98. The van der Waals surface area contributed by atoms with Crippen molar-refractivity contribution in [3.05, 3.63) is 17.0 Å². The van der Waals surface area contributed by atoms with E-state index in [1.54, 1.807) is 11.8 Å². The van der Waals surface area contributed by atoms with Gasteiger partial charge in [0.1, 0.15) is 0 Å². The molecule has 0 aromatic carbocycles. The summed E-state index contributed by atoms with van der Waals surface area (Å²) in [5.74, 6) is 0. The molecule has 0 bridgehead atoms. The van der Waals surface area contributed by atoms with Crippen LogP contribution in [-0.4, -0.2) is 25.3 Å². The average molecular weight is 299 g/mol. The Bertz CT molecular complexity index is 399. The molecule has 0 radical (unpaired) electrons. The normalized spacial score (nSPS) is 11.3. The van der Waals surface area contributed by atoms with Crippen molar-refractivity contribution in [1.29, 1.82) is 0 Å². The van der Waals surface area contributed by atoms with Crippen molar-refractivity contribution in [3.63, 3.8) is 0 Å². The number of hydrogen-bond donors (Lipinski definition) is 0. The van der Waals surface area contributed by atoms with E-state index in [2.05, 4.69) is 31.9 Å². The highest BCUT2D eigenvalue weighted by atomic mass is 32.2. The molecule has 0 amide bonds. The van der Waals surface area contributed by atoms with Crippen LogP contribution in [-0.2, 0) is 23.9 Å². The number of rotatable bonds is 8. The van der Waals surface area contributed by atoms with Gasteiger partial charge < -0.3 is 4.43 Å². The smallest absolute Gasteiger partial charge is 0.187 e. The van der Waals surface area contributed by atoms with Crippen LogP contribution in [0.1, 0.15) is 43.6 Å². The third-order valence-electron chi connectivity index (χ3n) is 3.00. The third kappa shape index (κ3) is 5.24. The van der Waals surface area contributed by atoms with Gasteiger partial charge in [-0.25, -0.2) is 9.97 Å². The molecule has 0 saturated heterocycles. The van der Waals surface area contributed by atoms with Crippen molar-refractivity contribution >= 4 is 20.8 Å². The predicted molar refractivity (Wildman–Crippen MR) is 85.5 cm³/mol. The molecule has 0 fully saturated rings. The van der Waals surface area contributed by atoms with E-state index >= 15 is 0 Å². The molecular weight excluding hydrogens is 272 g/mol. The van der Waals surface area contributed by atoms with Crippen molar-refractivity contribution in [1.82, 2.24) is 9.97 Å². The molecule has 0 unspecified atom stereocenters. The molecule has 0 aliphatic carbocycles. The Morgan fingerprint density at radius 3 is 2.37 bits per heavy atom. The molecule has 0 aliphatic rings. The maximum absolute atomic E-state index is 5.92. The minimum absolute atomic E-state index is 0.695. The second kappa shape index (κ2) is 8.71. The number of aromatic nitrogens is 2. The summed E-state index contributed by atoms with van der Waals surface area (Å²) in [6, 6.07) is 0. The van der Waals surface area contributed by atoms with E-state index in [9.17, 15) is 0 Å². The fourth-order valence-electron chi connectivity index (χ4n) is 1.91. The van der Waals surface area contributed by atoms with Crippen LogP contribution in [0.15, 0.2) is 5.16 Å². The maximum Gasteiger partial charge on any atom is 0.187 e. The molecule has 1 aromatic rings. The Hall–Kier alpha value is -0.393. The van der Waals surface area contributed by atoms with Gasteiger partial charge in [0.15, 0.2) is 14.2 Å². The van der Waals surface area contributed by atoms with Crippen molar-refractivity contribution in [2.24, 2.45) is 0 Å². The molecule has 1 heterocycles. The zero-order valence-corrected chi connectivity index (χ0v) is 14.8. The van der Waals surface area contributed by atoms with Crippen LogP contribution in [0.25, 0.3) is 0 Å². The zero-order valence-electron chi connectivity index (χ0n) is 12.8. The van der Waals surface area contributed by atoms with Gasteiger partial charge in [0, 0.05) is 5.56 Å². The summed E-state index contributed by atoms with van der Waals surface area (Å²) < 4.78 is 5.92. The van der Waals surface area contributed by atoms with Crippen LogP contribution in [0.3, 0.4) is 0 Å².